The molecular formula is C31H20S3. The molecule has 0 aromatic heterocycles. The van der Waals surface area contributed by atoms with Crippen LogP contribution in [0.25, 0.3) is 11.1 Å². The Kier molecular flexibility index (Phi) is 6.61. The fourth-order valence-corrected chi connectivity index (χ4v) is 5.03. The lowest BCUT2D eigenvalue weighted by molar-refractivity contribution is 1.45. The quantitative estimate of drug-likeness (QED) is 0.142. The van der Waals surface area contributed by atoms with Crippen molar-refractivity contribution in [1.29, 1.82) is 0 Å². The first-order valence-electron chi connectivity index (χ1n) is 10.8. The van der Waals surface area contributed by atoms with Gasteiger partial charge >= 0.3 is 0 Å². The molecule has 34 heavy (non-hydrogen) atoms. The van der Waals surface area contributed by atoms with Crippen molar-refractivity contribution in [3.63, 3.8) is 0 Å². The number of fused-ring (bicyclic) bond motifs is 3. The van der Waals surface area contributed by atoms with E-state index in [0.717, 1.165) is 38.2 Å². The van der Waals surface area contributed by atoms with Gasteiger partial charge in [0.05, 0.1) is 4.86 Å². The van der Waals surface area contributed by atoms with Gasteiger partial charge in [0.15, 0.2) is 0 Å². The molecule has 0 saturated carbocycles. The number of hydrogen-bond acceptors (Lipinski definition) is 3. The van der Waals surface area contributed by atoms with Crippen molar-refractivity contribution in [2.24, 2.45) is 0 Å². The zero-order valence-corrected chi connectivity index (χ0v) is 21.3. The monoisotopic (exact) mass is 488 g/mol. The van der Waals surface area contributed by atoms with E-state index in [9.17, 15) is 0 Å². The molecule has 0 saturated heterocycles. The van der Waals surface area contributed by atoms with Crippen molar-refractivity contribution >= 4 is 40.6 Å². The third-order valence-electron chi connectivity index (χ3n) is 5.70. The second-order valence-corrected chi connectivity index (χ2v) is 9.97. The summed E-state index contributed by atoms with van der Waals surface area (Å²) < 4.78 is 0. The van der Waals surface area contributed by atoms with Gasteiger partial charge in [-0.05, 0) is 96.4 Å². The van der Waals surface area contributed by atoms with Crippen LogP contribution in [0.5, 0.6) is 0 Å². The van der Waals surface area contributed by atoms with E-state index in [1.165, 1.54) is 20.9 Å². The maximum absolute atomic E-state index is 5.86. The Morgan fingerprint density at radius 2 is 0.824 bits per heavy atom. The Morgan fingerprint density at radius 1 is 0.471 bits per heavy atom. The molecule has 0 fully saturated rings. The predicted octanol–water partition coefficient (Wildman–Crippen LogP) is 7.68. The standard InChI is InChI=1S/C31H20S3/c1-33-25-13-7-21(8-14-25)3-5-23-11-17-27-28-18-12-24(20-30(28)31(32)29(27)19-23)6-4-22-9-15-26(34-2)16-10-22/h7-20H,1-2H3. The van der Waals surface area contributed by atoms with Gasteiger partial charge < -0.3 is 0 Å². The first-order valence-corrected chi connectivity index (χ1v) is 13.7. The zero-order valence-electron chi connectivity index (χ0n) is 18.8. The molecule has 0 N–H and O–H groups in total. The van der Waals surface area contributed by atoms with Crippen molar-refractivity contribution in [2.45, 2.75) is 9.79 Å². The summed E-state index contributed by atoms with van der Waals surface area (Å²) in [4.78, 5) is 3.35. The molecule has 5 rings (SSSR count). The molecule has 162 valence electrons. The van der Waals surface area contributed by atoms with Crippen LogP contribution in [0.3, 0.4) is 0 Å². The Morgan fingerprint density at radius 3 is 1.21 bits per heavy atom. The van der Waals surface area contributed by atoms with E-state index in [4.69, 9.17) is 12.2 Å². The van der Waals surface area contributed by atoms with Crippen LogP contribution in [0.2, 0.25) is 0 Å². The molecule has 0 spiro atoms. The minimum atomic E-state index is 0.867. The van der Waals surface area contributed by atoms with Gasteiger partial charge in [-0.25, -0.2) is 0 Å². The molecule has 1 aliphatic rings. The van der Waals surface area contributed by atoms with Gasteiger partial charge in [-0.3, -0.25) is 0 Å². The summed E-state index contributed by atoms with van der Waals surface area (Å²) in [5.41, 5.74) is 8.45. The number of thioether (sulfide) groups is 2. The lowest BCUT2D eigenvalue weighted by atomic mass is 10.0. The number of thiocarbonyl (C=S) groups is 1. The molecule has 0 amide bonds. The van der Waals surface area contributed by atoms with Crippen LogP contribution < -0.4 is 0 Å². The van der Waals surface area contributed by atoms with Gasteiger partial charge in [0.2, 0.25) is 0 Å². The maximum Gasteiger partial charge on any atom is 0.0535 e. The van der Waals surface area contributed by atoms with Crippen LogP contribution >= 0.6 is 35.7 Å². The summed E-state index contributed by atoms with van der Waals surface area (Å²) in [6, 6.07) is 29.3. The van der Waals surface area contributed by atoms with Crippen LogP contribution in [-0.4, -0.2) is 17.4 Å². The Hall–Kier alpha value is -3.21. The Labute approximate surface area is 215 Å². The highest BCUT2D eigenvalue weighted by atomic mass is 32.2. The normalized spacial score (nSPS) is 11.1. The Balaban J connectivity index is 1.40. The molecule has 0 bridgehead atoms. The average Bonchev–Trinajstić information content (AvgIpc) is 3.17. The van der Waals surface area contributed by atoms with E-state index >= 15 is 0 Å². The fourth-order valence-electron chi connectivity index (χ4n) is 3.87. The zero-order chi connectivity index (χ0) is 23.5. The second kappa shape index (κ2) is 9.96. The van der Waals surface area contributed by atoms with Crippen LogP contribution in [0.1, 0.15) is 33.4 Å². The molecule has 3 heteroatoms. The van der Waals surface area contributed by atoms with Gasteiger partial charge in [0.1, 0.15) is 0 Å². The minimum Gasteiger partial charge on any atom is -0.130 e. The molecule has 4 aromatic carbocycles. The minimum absolute atomic E-state index is 0.867. The fraction of sp³-hybridized carbons (Fsp3) is 0.0645. The Bertz CT molecular complexity index is 1400. The van der Waals surface area contributed by atoms with Crippen molar-refractivity contribution < 1.29 is 0 Å². The molecular weight excluding hydrogens is 469 g/mol. The lowest BCUT2D eigenvalue weighted by Crippen LogP contribution is -1.94. The van der Waals surface area contributed by atoms with Crippen molar-refractivity contribution in [2.75, 3.05) is 12.5 Å². The van der Waals surface area contributed by atoms with Crippen molar-refractivity contribution in [1.82, 2.24) is 0 Å². The molecule has 0 radical (unpaired) electrons. The molecule has 0 aliphatic heterocycles. The van der Waals surface area contributed by atoms with Gasteiger partial charge in [-0.15, -0.1) is 23.5 Å². The van der Waals surface area contributed by atoms with E-state index in [-0.39, 0.29) is 0 Å². The number of hydrogen-bond donors (Lipinski definition) is 0. The summed E-state index contributed by atoms with van der Waals surface area (Å²) in [5, 5.41) is 0. The summed E-state index contributed by atoms with van der Waals surface area (Å²) in [6.45, 7) is 0. The van der Waals surface area contributed by atoms with E-state index < -0.39 is 0 Å². The third kappa shape index (κ3) is 4.70. The smallest absolute Gasteiger partial charge is 0.0535 e. The van der Waals surface area contributed by atoms with Gasteiger partial charge in [0.25, 0.3) is 0 Å². The van der Waals surface area contributed by atoms with Gasteiger partial charge in [-0.1, -0.05) is 48.0 Å². The summed E-state index contributed by atoms with van der Waals surface area (Å²) in [5.74, 6) is 13.1. The van der Waals surface area contributed by atoms with Gasteiger partial charge in [-0.2, -0.15) is 0 Å². The van der Waals surface area contributed by atoms with Crippen molar-refractivity contribution in [3.8, 4) is 34.8 Å². The van der Waals surface area contributed by atoms with E-state index in [1.54, 1.807) is 23.5 Å². The SMILES string of the molecule is CSc1ccc(C#Cc2ccc3c(c2)C(=S)c2cc(C#Cc4ccc(SC)cc4)ccc2-3)cc1. The second-order valence-electron chi connectivity index (χ2n) is 7.81. The molecule has 4 aromatic rings. The molecule has 1 aliphatic carbocycles. The third-order valence-corrected chi connectivity index (χ3v) is 7.63. The highest BCUT2D eigenvalue weighted by Gasteiger charge is 2.23. The highest BCUT2D eigenvalue weighted by Crippen LogP contribution is 2.38. The van der Waals surface area contributed by atoms with Crippen LogP contribution in [0.15, 0.2) is 94.7 Å². The lowest BCUT2D eigenvalue weighted by Gasteiger charge is -2.01. The van der Waals surface area contributed by atoms with E-state index in [2.05, 4.69) is 121 Å². The molecule has 0 nitrogen and oxygen atoms in total. The predicted molar refractivity (Wildman–Crippen MR) is 151 cm³/mol. The molecule has 0 unspecified atom stereocenters. The topological polar surface area (TPSA) is 0 Å². The average molecular weight is 489 g/mol. The van der Waals surface area contributed by atoms with Gasteiger partial charge in [0, 0.05) is 43.2 Å². The summed E-state index contributed by atoms with van der Waals surface area (Å²) >= 11 is 9.32. The summed E-state index contributed by atoms with van der Waals surface area (Å²) in [7, 11) is 0. The molecule has 0 heterocycles. The summed E-state index contributed by atoms with van der Waals surface area (Å²) in [6.07, 6.45) is 4.15. The van der Waals surface area contributed by atoms with E-state index in [0.29, 0.717) is 0 Å². The first-order chi connectivity index (χ1) is 16.6. The van der Waals surface area contributed by atoms with E-state index in [1.807, 2.05) is 0 Å². The maximum atomic E-state index is 5.86. The number of benzene rings is 4. The largest absolute Gasteiger partial charge is 0.130 e. The van der Waals surface area contributed by atoms with Crippen LogP contribution in [0.4, 0.5) is 0 Å². The van der Waals surface area contributed by atoms with Crippen LogP contribution in [-0.2, 0) is 0 Å². The molecule has 0 atom stereocenters. The number of rotatable bonds is 2. The van der Waals surface area contributed by atoms with Crippen LogP contribution in [0, 0.1) is 23.7 Å². The first kappa shape index (κ1) is 22.6. The van der Waals surface area contributed by atoms with Crippen molar-refractivity contribution in [3.05, 3.63) is 118 Å². The highest BCUT2D eigenvalue weighted by molar-refractivity contribution is 7.98.